The summed E-state index contributed by atoms with van der Waals surface area (Å²) in [5.41, 5.74) is 2.15. The first kappa shape index (κ1) is 14.7. The Bertz CT molecular complexity index is 645. The van der Waals surface area contributed by atoms with Crippen LogP contribution < -0.4 is 4.72 Å². The number of sulfonamides is 1. The summed E-state index contributed by atoms with van der Waals surface area (Å²) in [6.07, 6.45) is 6.42. The second-order valence-electron chi connectivity index (χ2n) is 6.82. The summed E-state index contributed by atoms with van der Waals surface area (Å²) in [4.78, 5) is 2.40. The van der Waals surface area contributed by atoms with Crippen molar-refractivity contribution in [3.05, 3.63) is 17.0 Å². The zero-order chi connectivity index (χ0) is 15.2. The Kier molecular flexibility index (Phi) is 3.74. The van der Waals surface area contributed by atoms with Crippen LogP contribution in [0.5, 0.6) is 0 Å². The van der Waals surface area contributed by atoms with E-state index in [0.29, 0.717) is 6.42 Å². The van der Waals surface area contributed by atoms with Gasteiger partial charge in [-0.3, -0.25) is 4.90 Å². The molecule has 1 N–H and O–H groups in total. The van der Waals surface area contributed by atoms with Crippen molar-refractivity contribution in [2.24, 2.45) is 0 Å². The van der Waals surface area contributed by atoms with Crippen LogP contribution in [0.3, 0.4) is 0 Å². The van der Waals surface area contributed by atoms with Gasteiger partial charge >= 0.3 is 0 Å². The summed E-state index contributed by atoms with van der Waals surface area (Å²) in [5, 5.41) is 4.09. The predicted octanol–water partition coefficient (Wildman–Crippen LogP) is 1.21. The fourth-order valence-electron chi connectivity index (χ4n) is 3.55. The van der Waals surface area contributed by atoms with Gasteiger partial charge in [0, 0.05) is 24.6 Å². The molecular weight excluding hydrogens is 302 g/mol. The largest absolute Gasteiger partial charge is 0.361 e. The van der Waals surface area contributed by atoms with E-state index in [1.165, 1.54) is 12.8 Å². The van der Waals surface area contributed by atoms with Crippen LogP contribution in [-0.4, -0.2) is 42.9 Å². The average Bonchev–Trinajstić information content (AvgIpc) is 3.12. The molecule has 1 unspecified atom stereocenters. The molecule has 0 amide bonds. The van der Waals surface area contributed by atoms with Crippen molar-refractivity contribution in [1.29, 1.82) is 0 Å². The third-order valence-electron chi connectivity index (χ3n) is 4.99. The molecule has 0 bridgehead atoms. The molecule has 7 heteroatoms. The second kappa shape index (κ2) is 5.62. The van der Waals surface area contributed by atoms with Crippen molar-refractivity contribution in [2.75, 3.05) is 13.1 Å². The maximum Gasteiger partial charge on any atom is 0.214 e. The Morgan fingerprint density at radius 2 is 2.00 bits per heavy atom. The zero-order valence-electron chi connectivity index (χ0n) is 12.8. The molecule has 2 aliphatic carbocycles. The third kappa shape index (κ3) is 2.94. The first-order valence-corrected chi connectivity index (χ1v) is 9.86. The molecule has 1 aliphatic heterocycles. The fraction of sp³-hybridized carbons (Fsp3) is 0.800. The molecule has 0 radical (unpaired) electrons. The minimum Gasteiger partial charge on any atom is -0.361 e. The van der Waals surface area contributed by atoms with Gasteiger partial charge in [-0.2, -0.15) is 0 Å². The number of nitrogens with zero attached hydrogens (tertiary/aromatic N) is 2. The Hall–Kier alpha value is -0.920. The molecule has 1 aromatic heterocycles. The van der Waals surface area contributed by atoms with Gasteiger partial charge in [0.25, 0.3) is 0 Å². The van der Waals surface area contributed by atoms with Crippen LogP contribution in [0.4, 0.5) is 0 Å². The molecule has 6 nitrogen and oxygen atoms in total. The molecular formula is C15H23N3O3S. The summed E-state index contributed by atoms with van der Waals surface area (Å²) >= 11 is 0. The average molecular weight is 325 g/mol. The second-order valence-corrected chi connectivity index (χ2v) is 8.81. The van der Waals surface area contributed by atoms with Gasteiger partial charge in [-0.15, -0.1) is 0 Å². The monoisotopic (exact) mass is 325 g/mol. The van der Waals surface area contributed by atoms with Gasteiger partial charge in [-0.1, -0.05) is 5.16 Å². The highest BCUT2D eigenvalue weighted by molar-refractivity contribution is 7.90. The lowest BCUT2D eigenvalue weighted by Crippen LogP contribution is -2.40. The third-order valence-corrected chi connectivity index (χ3v) is 7.00. The number of likely N-dealkylation sites (tertiary alicyclic amines) is 1. The number of fused-ring (bicyclic) bond motifs is 1. The standard InChI is InChI=1S/C15H23N3O3S/c19-22(20,12-4-5-12)17-11-3-6-15-13(9-11)14(16-21-15)10-18-7-1-2-8-18/h11-12,17H,1-10H2. The van der Waals surface area contributed by atoms with Crippen LogP contribution in [0, 0.1) is 0 Å². The molecule has 4 rings (SSSR count). The minimum absolute atomic E-state index is 0.00479. The highest BCUT2D eigenvalue weighted by Crippen LogP contribution is 2.30. The molecule has 22 heavy (non-hydrogen) atoms. The first-order valence-electron chi connectivity index (χ1n) is 8.31. The first-order chi connectivity index (χ1) is 10.6. The Morgan fingerprint density at radius 1 is 1.23 bits per heavy atom. The summed E-state index contributed by atoms with van der Waals surface area (Å²) < 4.78 is 32.6. The van der Waals surface area contributed by atoms with Crippen LogP contribution in [0.15, 0.2) is 4.52 Å². The van der Waals surface area contributed by atoms with Crippen LogP contribution in [-0.2, 0) is 29.4 Å². The minimum atomic E-state index is -3.12. The lowest BCUT2D eigenvalue weighted by molar-refractivity contribution is 0.310. The van der Waals surface area contributed by atoms with E-state index >= 15 is 0 Å². The van der Waals surface area contributed by atoms with Crippen molar-refractivity contribution in [3.8, 4) is 0 Å². The maximum absolute atomic E-state index is 12.1. The van der Waals surface area contributed by atoms with Crippen molar-refractivity contribution >= 4 is 10.0 Å². The van der Waals surface area contributed by atoms with E-state index in [0.717, 1.165) is 62.3 Å². The number of aryl methyl sites for hydroxylation is 1. The van der Waals surface area contributed by atoms with Crippen molar-refractivity contribution in [3.63, 3.8) is 0 Å². The lowest BCUT2D eigenvalue weighted by atomic mass is 9.92. The number of rotatable bonds is 5. The number of hydrogen-bond acceptors (Lipinski definition) is 5. The predicted molar refractivity (Wildman–Crippen MR) is 81.9 cm³/mol. The molecule has 122 valence electrons. The number of aromatic nitrogens is 1. The van der Waals surface area contributed by atoms with E-state index in [2.05, 4.69) is 14.8 Å². The van der Waals surface area contributed by atoms with Gasteiger partial charge in [0.05, 0.1) is 5.25 Å². The molecule has 2 fully saturated rings. The van der Waals surface area contributed by atoms with E-state index in [1.54, 1.807) is 0 Å². The molecule has 2 heterocycles. The topological polar surface area (TPSA) is 75.4 Å². The molecule has 1 saturated carbocycles. The van der Waals surface area contributed by atoms with Gasteiger partial charge in [-0.25, -0.2) is 13.1 Å². The Balaban J connectivity index is 1.46. The fourth-order valence-corrected chi connectivity index (χ4v) is 5.16. The number of nitrogens with one attached hydrogen (secondary N) is 1. The highest BCUT2D eigenvalue weighted by atomic mass is 32.2. The summed E-state index contributed by atoms with van der Waals surface area (Å²) in [7, 11) is -3.12. The SMILES string of the molecule is O=S(=O)(NC1CCc2onc(CN3CCCC3)c2C1)C1CC1. The van der Waals surface area contributed by atoms with Gasteiger partial charge < -0.3 is 4.52 Å². The van der Waals surface area contributed by atoms with E-state index in [9.17, 15) is 8.42 Å². The quantitative estimate of drug-likeness (QED) is 0.881. The van der Waals surface area contributed by atoms with E-state index in [1.807, 2.05) is 0 Å². The summed E-state index contributed by atoms with van der Waals surface area (Å²) in [6.45, 7) is 3.08. The van der Waals surface area contributed by atoms with E-state index < -0.39 is 10.0 Å². The normalized spacial score (nSPS) is 26.3. The van der Waals surface area contributed by atoms with E-state index in [-0.39, 0.29) is 11.3 Å². The van der Waals surface area contributed by atoms with Crippen LogP contribution in [0.25, 0.3) is 0 Å². The van der Waals surface area contributed by atoms with Crippen molar-refractivity contribution in [1.82, 2.24) is 14.8 Å². The zero-order valence-corrected chi connectivity index (χ0v) is 13.6. The van der Waals surface area contributed by atoms with Crippen LogP contribution in [0.1, 0.15) is 49.1 Å². The molecule has 1 atom stereocenters. The van der Waals surface area contributed by atoms with Crippen LogP contribution in [0.2, 0.25) is 0 Å². The molecule has 3 aliphatic rings. The Labute approximate surface area is 131 Å². The van der Waals surface area contributed by atoms with E-state index in [4.69, 9.17) is 4.52 Å². The Morgan fingerprint density at radius 3 is 2.73 bits per heavy atom. The molecule has 0 spiro atoms. The van der Waals surface area contributed by atoms with Crippen molar-refractivity contribution < 1.29 is 12.9 Å². The molecule has 1 aromatic rings. The van der Waals surface area contributed by atoms with Gasteiger partial charge in [0.15, 0.2) is 0 Å². The number of hydrogen-bond donors (Lipinski definition) is 1. The highest BCUT2D eigenvalue weighted by Gasteiger charge is 2.38. The van der Waals surface area contributed by atoms with Crippen molar-refractivity contribution in [2.45, 2.75) is 62.8 Å². The van der Waals surface area contributed by atoms with Crippen LogP contribution >= 0.6 is 0 Å². The summed E-state index contributed by atoms with van der Waals surface area (Å²) in [5.74, 6) is 0.955. The maximum atomic E-state index is 12.1. The van der Waals surface area contributed by atoms with Gasteiger partial charge in [-0.05, 0) is 51.6 Å². The smallest absolute Gasteiger partial charge is 0.214 e. The van der Waals surface area contributed by atoms with Gasteiger partial charge in [0.1, 0.15) is 11.5 Å². The molecule has 0 aromatic carbocycles. The molecule has 1 saturated heterocycles. The summed E-state index contributed by atoms with van der Waals surface area (Å²) in [6, 6.07) is -0.00479. The lowest BCUT2D eigenvalue weighted by Gasteiger charge is -2.23. The van der Waals surface area contributed by atoms with Gasteiger partial charge in [0.2, 0.25) is 10.0 Å².